The number of aliphatic hydroxyl groups excluding tert-OH is 1. The van der Waals surface area contributed by atoms with Gasteiger partial charge in [0, 0.05) is 17.0 Å². The molecule has 11 heteroatoms. The van der Waals surface area contributed by atoms with E-state index >= 15 is 8.78 Å². The Morgan fingerprint density at radius 2 is 1.78 bits per heavy atom. The molecule has 2 aromatic carbocycles. The third-order valence-electron chi connectivity index (χ3n) is 8.43. The molecular formula is C26H26F4N4O3. The van der Waals surface area contributed by atoms with E-state index in [1.54, 1.807) is 12.1 Å². The molecule has 0 unspecified atom stereocenters. The van der Waals surface area contributed by atoms with Gasteiger partial charge in [-0.25, -0.2) is 22.2 Å². The number of rotatable bonds is 10. The fraction of sp³-hybridized carbons (Fsp3) is 0.500. The number of nitrogens with zero attached hydrogens (tertiary/aromatic N) is 4. The van der Waals surface area contributed by atoms with Crippen LogP contribution < -0.4 is 4.74 Å². The van der Waals surface area contributed by atoms with Gasteiger partial charge < -0.3 is 14.9 Å². The minimum absolute atomic E-state index is 0.105. The number of aliphatic hydroxyl groups is 2. The summed E-state index contributed by atoms with van der Waals surface area (Å²) in [6, 6.07) is 9.38. The van der Waals surface area contributed by atoms with Gasteiger partial charge in [0.05, 0.1) is 12.6 Å². The van der Waals surface area contributed by atoms with Crippen molar-refractivity contribution < 1.29 is 32.5 Å². The first-order valence-electron chi connectivity index (χ1n) is 12.3. The Kier molecular flexibility index (Phi) is 5.40. The van der Waals surface area contributed by atoms with E-state index in [2.05, 4.69) is 15.5 Å². The topological polar surface area (TPSA) is 93.3 Å². The predicted molar refractivity (Wildman–Crippen MR) is 122 cm³/mol. The van der Waals surface area contributed by atoms with Crippen LogP contribution in [-0.4, -0.2) is 49.1 Å². The van der Waals surface area contributed by atoms with Crippen LogP contribution in [0.5, 0.6) is 5.75 Å². The highest BCUT2D eigenvalue weighted by Crippen LogP contribution is 2.80. The van der Waals surface area contributed by atoms with Crippen LogP contribution in [0.25, 0.3) is 0 Å². The average Bonchev–Trinajstić information content (AvgIpc) is 3.53. The zero-order valence-corrected chi connectivity index (χ0v) is 19.8. The lowest BCUT2D eigenvalue weighted by atomic mass is 9.30. The molecule has 4 aliphatic carbocycles. The van der Waals surface area contributed by atoms with Crippen LogP contribution in [0.3, 0.4) is 0 Å². The van der Waals surface area contributed by atoms with Crippen LogP contribution in [0, 0.1) is 23.0 Å². The van der Waals surface area contributed by atoms with Crippen LogP contribution >= 0.6 is 0 Å². The summed E-state index contributed by atoms with van der Waals surface area (Å²) < 4.78 is 67.4. The number of hydrogen-bond acceptors (Lipinski definition) is 6. The van der Waals surface area contributed by atoms with E-state index in [9.17, 15) is 19.0 Å². The molecule has 0 aliphatic heterocycles. The Bertz CT molecular complexity index is 1280. The average molecular weight is 519 g/mol. The van der Waals surface area contributed by atoms with Crippen LogP contribution in [0.1, 0.15) is 43.2 Å². The molecule has 0 saturated heterocycles. The van der Waals surface area contributed by atoms with Crippen LogP contribution in [0.15, 0.2) is 48.8 Å². The molecule has 0 radical (unpaired) electrons. The molecule has 1 heterocycles. The summed E-state index contributed by atoms with van der Waals surface area (Å²) in [5.74, 6) is -5.07. The Morgan fingerprint density at radius 3 is 2.38 bits per heavy atom. The lowest BCUT2D eigenvalue weighted by molar-refractivity contribution is -0.347. The summed E-state index contributed by atoms with van der Waals surface area (Å²) in [6.07, 6.45) is 2.90. The molecular weight excluding hydrogens is 492 g/mol. The summed E-state index contributed by atoms with van der Waals surface area (Å²) >= 11 is 0. The Morgan fingerprint density at radius 1 is 1.08 bits per heavy atom. The van der Waals surface area contributed by atoms with Crippen LogP contribution in [-0.2, 0) is 17.6 Å². The predicted octanol–water partition coefficient (Wildman–Crippen LogP) is 3.75. The van der Waals surface area contributed by atoms with Crippen molar-refractivity contribution >= 4 is 0 Å². The smallest absolute Gasteiger partial charge is 0.287 e. The van der Waals surface area contributed by atoms with Crippen LogP contribution in [0.2, 0.25) is 0 Å². The van der Waals surface area contributed by atoms with Crippen LogP contribution in [0.4, 0.5) is 17.6 Å². The normalized spacial score (nSPS) is 27.1. The van der Waals surface area contributed by atoms with Gasteiger partial charge in [0.15, 0.2) is 5.60 Å². The van der Waals surface area contributed by atoms with Crippen molar-refractivity contribution in [2.45, 2.75) is 61.7 Å². The summed E-state index contributed by atoms with van der Waals surface area (Å²) in [5.41, 5.74) is -4.85. The lowest BCUT2D eigenvalue weighted by Gasteiger charge is -2.74. The molecule has 2 N–H and O–H groups in total. The Labute approximate surface area is 210 Å². The molecule has 4 saturated carbocycles. The summed E-state index contributed by atoms with van der Waals surface area (Å²) in [5, 5.41) is 31.8. The number of tetrazole rings is 1. The van der Waals surface area contributed by atoms with E-state index in [1.165, 1.54) is 0 Å². The second-order valence-corrected chi connectivity index (χ2v) is 10.9. The van der Waals surface area contributed by atoms with E-state index < -0.39 is 52.2 Å². The number of aromatic nitrogens is 4. The quantitative estimate of drug-likeness (QED) is 0.397. The standard InChI is InChI=1S/C26H26F4N4O3/c27-18-5-8-20(21(28)9-18)25(36,14-34-15-31-32-33-34)26(29,30)24-11-23(12-24,13-24)17-3-6-19(7-4-17)37-10-22(35)16-1-2-16/h3-9,15-16,22,35-36H,1-2,10-14H2/t22-,23?,24?,25-/m1/s1. The largest absolute Gasteiger partial charge is 0.491 e. The molecule has 4 fully saturated rings. The molecule has 3 aromatic rings. The van der Waals surface area contributed by atoms with E-state index in [4.69, 9.17) is 4.74 Å². The molecule has 7 rings (SSSR count). The minimum Gasteiger partial charge on any atom is -0.491 e. The Balaban J connectivity index is 1.21. The zero-order chi connectivity index (χ0) is 26.1. The first-order chi connectivity index (χ1) is 17.6. The summed E-state index contributed by atoms with van der Waals surface area (Å²) in [4.78, 5) is 0. The third kappa shape index (κ3) is 3.73. The van der Waals surface area contributed by atoms with Crippen molar-refractivity contribution in [3.63, 3.8) is 0 Å². The minimum atomic E-state index is -3.77. The maximum Gasteiger partial charge on any atom is 0.287 e. The van der Waals surface area contributed by atoms with Crippen molar-refractivity contribution in [2.24, 2.45) is 11.3 Å². The van der Waals surface area contributed by atoms with Crippen molar-refractivity contribution in [3.8, 4) is 5.75 Å². The van der Waals surface area contributed by atoms with Gasteiger partial charge >= 0.3 is 0 Å². The molecule has 196 valence electrons. The summed E-state index contributed by atoms with van der Waals surface area (Å²) in [7, 11) is 0. The van der Waals surface area contributed by atoms with Gasteiger partial charge in [0.2, 0.25) is 0 Å². The SMILES string of the molecule is O[C@H](COc1ccc(C23CC(C(F)(F)[C@@](O)(Cn4cnnn4)c4ccc(F)cc4F)(C2)C3)cc1)C1CC1. The lowest BCUT2D eigenvalue weighted by Crippen LogP contribution is -2.76. The second kappa shape index (κ2) is 8.22. The first-order valence-corrected chi connectivity index (χ1v) is 12.3. The van der Waals surface area contributed by atoms with Gasteiger partial charge in [0.1, 0.15) is 30.3 Å². The van der Waals surface area contributed by atoms with Gasteiger partial charge in [-0.15, -0.1) is 5.10 Å². The third-order valence-corrected chi connectivity index (χ3v) is 8.43. The van der Waals surface area contributed by atoms with Gasteiger partial charge in [-0.2, -0.15) is 0 Å². The first kappa shape index (κ1) is 24.3. The van der Waals surface area contributed by atoms with Gasteiger partial charge in [-0.1, -0.05) is 12.1 Å². The van der Waals surface area contributed by atoms with Crippen molar-refractivity contribution in [1.29, 1.82) is 0 Å². The molecule has 2 bridgehead atoms. The molecule has 2 atom stereocenters. The number of benzene rings is 2. The van der Waals surface area contributed by atoms with Crippen molar-refractivity contribution in [3.05, 3.63) is 71.6 Å². The van der Waals surface area contributed by atoms with Crippen molar-refractivity contribution in [1.82, 2.24) is 20.2 Å². The number of alkyl halides is 2. The van der Waals surface area contributed by atoms with E-state index in [0.717, 1.165) is 41.5 Å². The van der Waals surface area contributed by atoms with Gasteiger partial charge in [-0.3, -0.25) is 0 Å². The highest BCUT2D eigenvalue weighted by molar-refractivity contribution is 5.44. The molecule has 37 heavy (non-hydrogen) atoms. The monoisotopic (exact) mass is 518 g/mol. The van der Waals surface area contributed by atoms with Crippen molar-refractivity contribution in [2.75, 3.05) is 6.61 Å². The summed E-state index contributed by atoms with van der Waals surface area (Å²) in [6.45, 7) is -0.590. The zero-order valence-electron chi connectivity index (χ0n) is 19.8. The van der Waals surface area contributed by atoms with E-state index in [-0.39, 0.29) is 25.9 Å². The Hall–Kier alpha value is -3.05. The van der Waals surface area contributed by atoms with E-state index in [0.29, 0.717) is 17.7 Å². The molecule has 7 nitrogen and oxygen atoms in total. The maximum absolute atomic E-state index is 16.3. The van der Waals surface area contributed by atoms with Gasteiger partial charge in [-0.05, 0) is 83.7 Å². The molecule has 4 aliphatic rings. The second-order valence-electron chi connectivity index (χ2n) is 10.9. The number of hydrogen-bond donors (Lipinski definition) is 2. The molecule has 0 amide bonds. The molecule has 0 spiro atoms. The molecule has 1 aromatic heterocycles. The van der Waals surface area contributed by atoms with Gasteiger partial charge in [0.25, 0.3) is 5.92 Å². The fourth-order valence-electron chi connectivity index (χ4n) is 6.23. The van der Waals surface area contributed by atoms with E-state index in [1.807, 2.05) is 12.1 Å². The fourth-order valence-corrected chi connectivity index (χ4v) is 6.23. The highest BCUT2D eigenvalue weighted by atomic mass is 19.3. The number of ether oxygens (including phenoxy) is 1. The maximum atomic E-state index is 16.3. The number of halogens is 4. The highest BCUT2D eigenvalue weighted by Gasteiger charge is 2.82.